The largest absolute Gasteiger partial charge is 0.434 e. The maximum absolute atomic E-state index is 10.1. The van der Waals surface area contributed by atoms with Crippen molar-refractivity contribution in [2.24, 2.45) is 0 Å². The molecule has 5 heteroatoms. The predicted octanol–water partition coefficient (Wildman–Crippen LogP) is 1.06. The van der Waals surface area contributed by atoms with Crippen LogP contribution in [0.3, 0.4) is 0 Å². The molecule has 0 fully saturated rings. The lowest BCUT2D eigenvalue weighted by Crippen LogP contribution is -1.82. The number of nitro groups is 1. The van der Waals surface area contributed by atoms with E-state index in [2.05, 4.69) is 16.3 Å². The van der Waals surface area contributed by atoms with E-state index in [9.17, 15) is 10.1 Å². The van der Waals surface area contributed by atoms with Crippen LogP contribution in [0.15, 0.2) is 16.5 Å². The van der Waals surface area contributed by atoms with Gasteiger partial charge in [0.1, 0.15) is 4.92 Å². The first kappa shape index (κ1) is 7.83. The summed E-state index contributed by atoms with van der Waals surface area (Å²) in [4.78, 5) is 9.42. The molecule has 0 atom stereocenters. The SMILES string of the molecule is N#CC#Cc1ccc([N+](=O)[O-])o1. The summed E-state index contributed by atoms with van der Waals surface area (Å²) in [5.74, 6) is 4.08. The second kappa shape index (κ2) is 3.22. The minimum absolute atomic E-state index is 0.114. The predicted molar refractivity (Wildman–Crippen MR) is 37.9 cm³/mol. The summed E-state index contributed by atoms with van der Waals surface area (Å²) in [7, 11) is 0. The van der Waals surface area contributed by atoms with Gasteiger partial charge in [0.15, 0.2) is 11.8 Å². The fraction of sp³-hybridized carbons (Fsp3) is 0. The third-order valence-corrected chi connectivity index (χ3v) is 1.01. The zero-order chi connectivity index (χ0) is 8.97. The topological polar surface area (TPSA) is 80.1 Å². The first-order valence-electron chi connectivity index (χ1n) is 2.88. The molecule has 1 rings (SSSR count). The van der Waals surface area contributed by atoms with Gasteiger partial charge >= 0.3 is 5.88 Å². The number of nitrogens with zero attached hydrogens (tertiary/aromatic N) is 2. The van der Waals surface area contributed by atoms with Gasteiger partial charge in [-0.2, -0.15) is 5.26 Å². The molecule has 0 saturated heterocycles. The molecule has 0 spiro atoms. The Morgan fingerprint density at radius 2 is 2.33 bits per heavy atom. The Hall–Kier alpha value is -2.27. The number of nitriles is 1. The van der Waals surface area contributed by atoms with E-state index in [1.54, 1.807) is 6.07 Å². The van der Waals surface area contributed by atoms with Gasteiger partial charge in [-0.15, -0.1) is 0 Å². The summed E-state index contributed by atoms with van der Waals surface area (Å²) in [6.45, 7) is 0. The van der Waals surface area contributed by atoms with Gasteiger partial charge in [-0.3, -0.25) is 10.1 Å². The van der Waals surface area contributed by atoms with Crippen LogP contribution in [0.1, 0.15) is 5.76 Å². The molecule has 0 aliphatic heterocycles. The van der Waals surface area contributed by atoms with Gasteiger partial charge in [-0.25, -0.2) is 0 Å². The van der Waals surface area contributed by atoms with E-state index in [1.165, 1.54) is 12.1 Å². The molecule has 1 aromatic heterocycles. The standard InChI is InChI=1S/C7H2N2O3/c8-5-1-2-6-3-4-7(12-6)9(10)11/h3-4H. The lowest BCUT2D eigenvalue weighted by Gasteiger charge is -1.79. The van der Waals surface area contributed by atoms with E-state index in [-0.39, 0.29) is 11.6 Å². The van der Waals surface area contributed by atoms with E-state index in [4.69, 9.17) is 5.26 Å². The van der Waals surface area contributed by atoms with Crippen molar-refractivity contribution in [3.63, 3.8) is 0 Å². The van der Waals surface area contributed by atoms with E-state index in [0.29, 0.717) is 0 Å². The average molecular weight is 162 g/mol. The Balaban J connectivity index is 2.94. The van der Waals surface area contributed by atoms with Crippen molar-refractivity contribution in [1.82, 2.24) is 0 Å². The Labute approximate surface area is 67.4 Å². The lowest BCUT2D eigenvalue weighted by atomic mass is 10.4. The van der Waals surface area contributed by atoms with Crippen molar-refractivity contribution in [1.29, 1.82) is 5.26 Å². The molecule has 0 radical (unpaired) electrons. The summed E-state index contributed by atoms with van der Waals surface area (Å²) in [5.41, 5.74) is 0. The Kier molecular flexibility index (Phi) is 2.10. The van der Waals surface area contributed by atoms with Crippen molar-refractivity contribution in [2.45, 2.75) is 0 Å². The van der Waals surface area contributed by atoms with Crippen LogP contribution in [0, 0.1) is 33.3 Å². The number of hydrogen-bond donors (Lipinski definition) is 0. The highest BCUT2D eigenvalue weighted by Gasteiger charge is 2.09. The summed E-state index contributed by atoms with van der Waals surface area (Å²) < 4.78 is 4.62. The number of hydrogen-bond acceptors (Lipinski definition) is 4. The molecule has 1 aromatic rings. The molecule has 0 N–H and O–H groups in total. The molecule has 12 heavy (non-hydrogen) atoms. The van der Waals surface area contributed by atoms with Crippen molar-refractivity contribution in [3.05, 3.63) is 28.0 Å². The van der Waals surface area contributed by atoms with Crippen LogP contribution in [0.25, 0.3) is 0 Å². The zero-order valence-electron chi connectivity index (χ0n) is 5.77. The lowest BCUT2D eigenvalue weighted by molar-refractivity contribution is -0.402. The molecular formula is C7H2N2O3. The van der Waals surface area contributed by atoms with Gasteiger partial charge in [0.2, 0.25) is 0 Å². The Bertz CT molecular complexity index is 402. The van der Waals surface area contributed by atoms with Gasteiger partial charge in [-0.1, -0.05) is 0 Å². The first-order valence-corrected chi connectivity index (χ1v) is 2.88. The highest BCUT2D eigenvalue weighted by atomic mass is 16.6. The molecule has 58 valence electrons. The van der Waals surface area contributed by atoms with E-state index in [0.717, 1.165) is 0 Å². The van der Waals surface area contributed by atoms with Crippen molar-refractivity contribution >= 4 is 5.88 Å². The highest BCUT2D eigenvalue weighted by molar-refractivity contribution is 5.34. The van der Waals surface area contributed by atoms with Crippen LogP contribution in [0.4, 0.5) is 5.88 Å². The normalized spacial score (nSPS) is 7.92. The highest BCUT2D eigenvalue weighted by Crippen LogP contribution is 2.13. The van der Waals surface area contributed by atoms with E-state index < -0.39 is 4.92 Å². The molecule has 0 bridgehead atoms. The van der Waals surface area contributed by atoms with Crippen LogP contribution < -0.4 is 0 Å². The maximum atomic E-state index is 10.1. The monoisotopic (exact) mass is 162 g/mol. The molecule has 1 heterocycles. The van der Waals surface area contributed by atoms with Crippen LogP contribution in [0.2, 0.25) is 0 Å². The summed E-state index contributed by atoms with van der Waals surface area (Å²) in [5, 5.41) is 18.1. The molecule has 0 aromatic carbocycles. The van der Waals surface area contributed by atoms with Crippen LogP contribution in [-0.2, 0) is 0 Å². The second-order valence-electron chi connectivity index (χ2n) is 1.76. The van der Waals surface area contributed by atoms with Gasteiger partial charge in [0.05, 0.1) is 6.07 Å². The zero-order valence-corrected chi connectivity index (χ0v) is 5.77. The molecule has 0 aliphatic carbocycles. The third kappa shape index (κ3) is 1.61. The summed E-state index contributed by atoms with van der Waals surface area (Å²) >= 11 is 0. The Morgan fingerprint density at radius 1 is 1.58 bits per heavy atom. The van der Waals surface area contributed by atoms with Crippen molar-refractivity contribution in [3.8, 4) is 17.9 Å². The fourth-order valence-electron chi connectivity index (χ4n) is 0.583. The van der Waals surface area contributed by atoms with Gasteiger partial charge in [0.25, 0.3) is 0 Å². The second-order valence-corrected chi connectivity index (χ2v) is 1.76. The molecular weight excluding hydrogens is 160 g/mol. The fourth-order valence-corrected chi connectivity index (χ4v) is 0.583. The van der Waals surface area contributed by atoms with Crippen molar-refractivity contribution in [2.75, 3.05) is 0 Å². The molecule has 0 saturated carbocycles. The van der Waals surface area contributed by atoms with Crippen LogP contribution in [0.5, 0.6) is 0 Å². The summed E-state index contributed by atoms with van der Waals surface area (Å²) in [6.07, 6.45) is 0. The quantitative estimate of drug-likeness (QED) is 0.351. The Morgan fingerprint density at radius 3 is 2.83 bits per heavy atom. The molecule has 0 amide bonds. The molecule has 0 unspecified atom stereocenters. The molecule has 0 aliphatic rings. The number of rotatable bonds is 1. The van der Waals surface area contributed by atoms with Gasteiger partial charge < -0.3 is 4.42 Å². The third-order valence-electron chi connectivity index (χ3n) is 1.01. The van der Waals surface area contributed by atoms with Crippen LogP contribution in [-0.4, -0.2) is 4.92 Å². The molecule has 5 nitrogen and oxygen atoms in total. The maximum Gasteiger partial charge on any atom is 0.434 e. The number of furan rings is 1. The average Bonchev–Trinajstić information content (AvgIpc) is 2.48. The van der Waals surface area contributed by atoms with Gasteiger partial charge in [0, 0.05) is 12.0 Å². The van der Waals surface area contributed by atoms with Crippen molar-refractivity contribution < 1.29 is 9.34 Å². The minimum Gasteiger partial charge on any atom is -0.392 e. The van der Waals surface area contributed by atoms with E-state index in [1.807, 2.05) is 0 Å². The van der Waals surface area contributed by atoms with E-state index >= 15 is 0 Å². The summed E-state index contributed by atoms with van der Waals surface area (Å²) in [6, 6.07) is 4.08. The van der Waals surface area contributed by atoms with Crippen LogP contribution >= 0.6 is 0 Å². The van der Waals surface area contributed by atoms with Gasteiger partial charge in [-0.05, 0) is 5.92 Å². The minimum atomic E-state index is -0.669. The smallest absolute Gasteiger partial charge is 0.392 e. The first-order chi connectivity index (χ1) is 5.74.